The van der Waals surface area contributed by atoms with E-state index in [1.165, 1.54) is 17.9 Å². The average molecular weight is 291 g/mol. The van der Waals surface area contributed by atoms with Crippen molar-refractivity contribution >= 4 is 11.9 Å². The summed E-state index contributed by atoms with van der Waals surface area (Å²) < 4.78 is 6.49. The Morgan fingerprint density at radius 2 is 2.29 bits per heavy atom. The molecule has 2 aromatic heterocycles. The zero-order chi connectivity index (χ0) is 15.4. The summed E-state index contributed by atoms with van der Waals surface area (Å²) in [4.78, 5) is 23.2. The van der Waals surface area contributed by atoms with Gasteiger partial charge in [0.05, 0.1) is 12.5 Å². The average Bonchev–Trinajstić information content (AvgIpc) is 3.05. The minimum Gasteiger partial charge on any atom is -0.478 e. The lowest BCUT2D eigenvalue weighted by atomic mass is 10.1. The summed E-state index contributed by atoms with van der Waals surface area (Å²) in [5, 5.41) is 15.6. The van der Waals surface area contributed by atoms with Crippen LogP contribution in [0.15, 0.2) is 29.0 Å². The fourth-order valence-corrected chi connectivity index (χ4v) is 2.04. The molecule has 0 aromatic carbocycles. The third-order valence-electron chi connectivity index (χ3n) is 3.17. The summed E-state index contributed by atoms with van der Waals surface area (Å²) in [6.45, 7) is 1.86. The number of hydrogen-bond acceptors (Lipinski definition) is 4. The number of carbonyl (C=O) groups is 2. The normalized spacial score (nSPS) is 12.1. The van der Waals surface area contributed by atoms with E-state index >= 15 is 0 Å². The van der Waals surface area contributed by atoms with Crippen molar-refractivity contribution < 1.29 is 19.1 Å². The predicted octanol–water partition coefficient (Wildman–Crippen LogP) is 1.46. The van der Waals surface area contributed by atoms with Gasteiger partial charge in [0.2, 0.25) is 0 Å². The molecule has 1 unspecified atom stereocenters. The Bertz CT molecular complexity index is 631. The monoisotopic (exact) mass is 291 g/mol. The van der Waals surface area contributed by atoms with E-state index in [1.807, 2.05) is 19.1 Å². The molecule has 0 radical (unpaired) electrons. The second-order valence-corrected chi connectivity index (χ2v) is 4.83. The molecule has 2 aromatic rings. The molecule has 7 nitrogen and oxygen atoms in total. The summed E-state index contributed by atoms with van der Waals surface area (Å²) in [5.41, 5.74) is -0.0550. The van der Waals surface area contributed by atoms with Crippen molar-refractivity contribution in [1.29, 1.82) is 0 Å². The van der Waals surface area contributed by atoms with Crippen molar-refractivity contribution in [2.75, 3.05) is 0 Å². The van der Waals surface area contributed by atoms with Gasteiger partial charge in [0.15, 0.2) is 0 Å². The van der Waals surface area contributed by atoms with Crippen LogP contribution in [0, 0.1) is 0 Å². The molecule has 0 saturated carbocycles. The fraction of sp³-hybridized carbons (Fsp3) is 0.357. The highest BCUT2D eigenvalue weighted by molar-refractivity contribution is 6.03. The minimum atomic E-state index is -1.17. The first-order valence-electron chi connectivity index (χ1n) is 6.57. The lowest BCUT2D eigenvalue weighted by Crippen LogP contribution is -2.35. The number of aryl methyl sites for hydroxylation is 2. The van der Waals surface area contributed by atoms with Crippen LogP contribution in [0.3, 0.4) is 0 Å². The molecule has 0 fully saturated rings. The fourth-order valence-electron chi connectivity index (χ4n) is 2.04. The van der Waals surface area contributed by atoms with Gasteiger partial charge in [-0.1, -0.05) is 0 Å². The number of rotatable bonds is 6. The zero-order valence-electron chi connectivity index (χ0n) is 11.9. The summed E-state index contributed by atoms with van der Waals surface area (Å²) in [6.07, 6.45) is 4.17. The highest BCUT2D eigenvalue weighted by Crippen LogP contribution is 2.10. The number of amides is 1. The van der Waals surface area contributed by atoms with E-state index in [0.29, 0.717) is 12.8 Å². The van der Waals surface area contributed by atoms with Crippen LogP contribution in [0.4, 0.5) is 0 Å². The first-order chi connectivity index (χ1) is 9.99. The smallest absolute Gasteiger partial charge is 0.339 e. The third-order valence-corrected chi connectivity index (χ3v) is 3.17. The van der Waals surface area contributed by atoms with Crippen LogP contribution in [-0.2, 0) is 13.5 Å². The van der Waals surface area contributed by atoms with E-state index in [2.05, 4.69) is 10.4 Å². The lowest BCUT2D eigenvalue weighted by molar-refractivity contribution is 0.0690. The van der Waals surface area contributed by atoms with E-state index in [0.717, 1.165) is 5.76 Å². The first kappa shape index (κ1) is 14.8. The first-order valence-corrected chi connectivity index (χ1v) is 6.57. The van der Waals surface area contributed by atoms with Gasteiger partial charge in [-0.2, -0.15) is 5.10 Å². The van der Waals surface area contributed by atoms with Gasteiger partial charge in [-0.3, -0.25) is 9.48 Å². The maximum atomic E-state index is 12.2. The summed E-state index contributed by atoms with van der Waals surface area (Å²) in [7, 11) is 1.54. The number of carboxylic acids is 1. The van der Waals surface area contributed by atoms with Crippen molar-refractivity contribution in [3.63, 3.8) is 0 Å². The van der Waals surface area contributed by atoms with E-state index < -0.39 is 11.9 Å². The van der Waals surface area contributed by atoms with Gasteiger partial charge in [-0.05, 0) is 25.5 Å². The number of nitrogens with zero attached hydrogens (tertiary/aromatic N) is 2. The molecule has 0 saturated heterocycles. The molecular formula is C14H17N3O4. The van der Waals surface area contributed by atoms with Gasteiger partial charge >= 0.3 is 5.97 Å². The van der Waals surface area contributed by atoms with Crippen LogP contribution >= 0.6 is 0 Å². The Balaban J connectivity index is 1.97. The topological polar surface area (TPSA) is 97.4 Å². The van der Waals surface area contributed by atoms with Gasteiger partial charge < -0.3 is 14.8 Å². The number of hydrogen-bond donors (Lipinski definition) is 2. The Kier molecular flexibility index (Phi) is 4.42. The molecule has 1 amide bonds. The Morgan fingerprint density at radius 1 is 1.52 bits per heavy atom. The minimum absolute atomic E-state index is 0.0485. The SMILES string of the molecule is CC(CCc1ccco1)NC(=O)c1c(C(=O)O)cnn1C. The van der Waals surface area contributed by atoms with Crippen molar-refractivity contribution in [2.45, 2.75) is 25.8 Å². The molecule has 2 rings (SSSR count). The van der Waals surface area contributed by atoms with Crippen LogP contribution in [0.1, 0.15) is 40.0 Å². The van der Waals surface area contributed by atoms with E-state index in [1.54, 1.807) is 6.26 Å². The number of aromatic carboxylic acids is 1. The number of nitrogens with one attached hydrogen (secondary N) is 1. The molecule has 112 valence electrons. The molecule has 0 bridgehead atoms. The molecule has 0 spiro atoms. The second kappa shape index (κ2) is 6.25. The molecule has 0 aliphatic carbocycles. The van der Waals surface area contributed by atoms with E-state index in [-0.39, 0.29) is 17.3 Å². The number of carboxylic acid groups (broad SMARTS) is 1. The van der Waals surface area contributed by atoms with Gasteiger partial charge in [0, 0.05) is 19.5 Å². The largest absolute Gasteiger partial charge is 0.478 e. The molecule has 0 aliphatic heterocycles. The van der Waals surface area contributed by atoms with Crippen LogP contribution in [0.5, 0.6) is 0 Å². The van der Waals surface area contributed by atoms with Gasteiger partial charge in [-0.25, -0.2) is 4.79 Å². The van der Waals surface area contributed by atoms with Gasteiger partial charge in [0.1, 0.15) is 17.0 Å². The van der Waals surface area contributed by atoms with Crippen LogP contribution in [-0.4, -0.2) is 32.8 Å². The Labute approximate surface area is 121 Å². The molecule has 7 heteroatoms. The summed E-state index contributed by atoms with van der Waals surface area (Å²) >= 11 is 0. The van der Waals surface area contributed by atoms with Crippen LogP contribution in [0.25, 0.3) is 0 Å². The van der Waals surface area contributed by atoms with Crippen molar-refractivity contribution in [3.8, 4) is 0 Å². The molecule has 0 aliphatic rings. The van der Waals surface area contributed by atoms with E-state index in [9.17, 15) is 9.59 Å². The third kappa shape index (κ3) is 3.50. The highest BCUT2D eigenvalue weighted by atomic mass is 16.4. The second-order valence-electron chi connectivity index (χ2n) is 4.83. The molecule has 2 N–H and O–H groups in total. The van der Waals surface area contributed by atoms with Crippen molar-refractivity contribution in [2.24, 2.45) is 7.05 Å². The van der Waals surface area contributed by atoms with Crippen molar-refractivity contribution in [3.05, 3.63) is 41.6 Å². The number of aromatic nitrogens is 2. The maximum absolute atomic E-state index is 12.2. The highest BCUT2D eigenvalue weighted by Gasteiger charge is 2.22. The Hall–Kier alpha value is -2.57. The maximum Gasteiger partial charge on any atom is 0.339 e. The molecule has 21 heavy (non-hydrogen) atoms. The Morgan fingerprint density at radius 3 is 2.90 bits per heavy atom. The quantitative estimate of drug-likeness (QED) is 0.839. The molecule has 1 atom stereocenters. The van der Waals surface area contributed by atoms with Crippen LogP contribution in [0.2, 0.25) is 0 Å². The lowest BCUT2D eigenvalue weighted by Gasteiger charge is -2.13. The standard InChI is InChI=1S/C14H17N3O4/c1-9(5-6-10-4-3-7-21-10)16-13(18)12-11(14(19)20)8-15-17(12)2/h3-4,7-9H,5-6H2,1-2H3,(H,16,18)(H,19,20). The van der Waals surface area contributed by atoms with Gasteiger partial charge in [-0.15, -0.1) is 0 Å². The number of carbonyl (C=O) groups excluding carboxylic acids is 1. The molecule has 2 heterocycles. The van der Waals surface area contributed by atoms with E-state index in [4.69, 9.17) is 9.52 Å². The number of furan rings is 1. The zero-order valence-corrected chi connectivity index (χ0v) is 11.9. The van der Waals surface area contributed by atoms with Crippen molar-refractivity contribution in [1.82, 2.24) is 15.1 Å². The summed E-state index contributed by atoms with van der Waals surface area (Å²) in [6, 6.07) is 3.57. The summed E-state index contributed by atoms with van der Waals surface area (Å²) in [5.74, 6) is -0.765. The van der Waals surface area contributed by atoms with Crippen LogP contribution < -0.4 is 5.32 Å². The molecular weight excluding hydrogens is 274 g/mol. The predicted molar refractivity (Wildman–Crippen MR) is 74.1 cm³/mol. The van der Waals surface area contributed by atoms with Gasteiger partial charge in [0.25, 0.3) is 5.91 Å².